The fourth-order valence-electron chi connectivity index (χ4n) is 2.97. The van der Waals surface area contributed by atoms with Gasteiger partial charge in [-0.2, -0.15) is 4.98 Å². The molecule has 0 saturated heterocycles. The van der Waals surface area contributed by atoms with Crippen molar-refractivity contribution in [1.29, 1.82) is 0 Å². The lowest BCUT2D eigenvalue weighted by molar-refractivity contribution is 0.0949. The minimum Gasteiger partial charge on any atom is -0.345 e. The molecule has 1 amide bonds. The molecule has 0 aliphatic rings. The van der Waals surface area contributed by atoms with Crippen LogP contribution in [-0.4, -0.2) is 30.6 Å². The Morgan fingerprint density at radius 1 is 1.17 bits per heavy atom. The molecule has 3 aromatic heterocycles. The smallest absolute Gasteiger partial charge is 0.261 e. The van der Waals surface area contributed by atoms with Crippen molar-refractivity contribution in [2.24, 2.45) is 0 Å². The van der Waals surface area contributed by atoms with Crippen LogP contribution >= 0.6 is 0 Å². The largest absolute Gasteiger partial charge is 0.345 e. The zero-order valence-electron chi connectivity index (χ0n) is 16.8. The van der Waals surface area contributed by atoms with E-state index in [4.69, 9.17) is 4.52 Å². The van der Waals surface area contributed by atoms with Crippen LogP contribution in [0.5, 0.6) is 0 Å². The van der Waals surface area contributed by atoms with E-state index in [-0.39, 0.29) is 18.4 Å². The average molecular weight is 390 g/mol. The molecule has 4 rings (SSSR count). The van der Waals surface area contributed by atoms with Crippen molar-refractivity contribution in [2.75, 3.05) is 0 Å². The summed E-state index contributed by atoms with van der Waals surface area (Å²) in [5, 5.41) is 15.4. The number of benzene rings is 1. The number of hydrogen-bond acceptors (Lipinski definition) is 6. The van der Waals surface area contributed by atoms with E-state index in [2.05, 4.69) is 25.7 Å². The Morgan fingerprint density at radius 2 is 2.00 bits per heavy atom. The molecule has 1 aromatic carbocycles. The van der Waals surface area contributed by atoms with Crippen molar-refractivity contribution < 1.29 is 9.32 Å². The second kappa shape index (κ2) is 7.46. The van der Waals surface area contributed by atoms with Crippen molar-refractivity contribution in [1.82, 2.24) is 30.1 Å². The second-order valence-electron chi connectivity index (χ2n) is 7.33. The number of fused-ring (bicyclic) bond motifs is 1. The summed E-state index contributed by atoms with van der Waals surface area (Å²) < 4.78 is 7.21. The predicted octanol–water partition coefficient (Wildman–Crippen LogP) is 3.45. The first-order chi connectivity index (χ1) is 13.9. The molecule has 148 valence electrons. The summed E-state index contributed by atoms with van der Waals surface area (Å²) in [6.07, 6.45) is 1.84. The quantitative estimate of drug-likeness (QED) is 0.560. The molecule has 8 nitrogen and oxygen atoms in total. The molecule has 4 aromatic rings. The molecule has 0 saturated carbocycles. The van der Waals surface area contributed by atoms with E-state index >= 15 is 0 Å². The molecule has 0 radical (unpaired) electrons. The number of pyridine rings is 1. The van der Waals surface area contributed by atoms with Gasteiger partial charge in [0, 0.05) is 17.7 Å². The van der Waals surface area contributed by atoms with E-state index in [1.165, 1.54) is 0 Å². The first kappa shape index (κ1) is 18.8. The van der Waals surface area contributed by atoms with Crippen molar-refractivity contribution in [3.8, 4) is 11.5 Å². The van der Waals surface area contributed by atoms with Gasteiger partial charge in [-0.05, 0) is 49.2 Å². The zero-order chi connectivity index (χ0) is 20.5. The molecule has 0 aliphatic heterocycles. The Bertz CT molecular complexity index is 1190. The van der Waals surface area contributed by atoms with Crippen molar-refractivity contribution >= 4 is 11.6 Å². The van der Waals surface area contributed by atoms with E-state index in [0.29, 0.717) is 34.3 Å². The summed E-state index contributed by atoms with van der Waals surface area (Å²) in [4.78, 5) is 16.9. The number of rotatable bonds is 5. The molecule has 0 unspecified atom stereocenters. The van der Waals surface area contributed by atoms with Gasteiger partial charge in [0.2, 0.25) is 0 Å². The van der Waals surface area contributed by atoms with Crippen LogP contribution in [0.4, 0.5) is 0 Å². The number of nitrogens with zero attached hydrogens (tertiary/aromatic N) is 5. The summed E-state index contributed by atoms with van der Waals surface area (Å²) in [5.74, 6) is 1.67. The second-order valence-corrected chi connectivity index (χ2v) is 7.33. The van der Waals surface area contributed by atoms with Gasteiger partial charge in [0.25, 0.3) is 11.8 Å². The number of aromatic nitrogens is 5. The van der Waals surface area contributed by atoms with Crippen molar-refractivity contribution in [3.05, 3.63) is 64.9 Å². The molecular formula is C21H22N6O2. The third-order valence-corrected chi connectivity index (χ3v) is 4.87. The van der Waals surface area contributed by atoms with Gasteiger partial charge in [0.05, 0.1) is 12.1 Å². The Kier molecular flexibility index (Phi) is 4.84. The number of carbonyl (C=O) groups excluding carboxylic acids is 1. The molecule has 3 heterocycles. The van der Waals surface area contributed by atoms with Gasteiger partial charge in [-0.3, -0.25) is 9.20 Å². The SMILES string of the molecule is Cc1ccc(C(=O)NCc2nnc3c(-c4nc(C(C)C)no4)cccn23)cc1C. The molecule has 0 aliphatic carbocycles. The van der Waals surface area contributed by atoms with Crippen LogP contribution in [0.25, 0.3) is 17.1 Å². The molecular weight excluding hydrogens is 368 g/mol. The van der Waals surface area contributed by atoms with Crippen LogP contribution in [0, 0.1) is 13.8 Å². The summed E-state index contributed by atoms with van der Waals surface area (Å²) >= 11 is 0. The average Bonchev–Trinajstić information content (AvgIpc) is 3.35. The minimum absolute atomic E-state index is 0.153. The number of carbonyl (C=O) groups is 1. The number of aryl methyl sites for hydroxylation is 2. The molecule has 8 heteroatoms. The Balaban J connectivity index is 1.57. The van der Waals surface area contributed by atoms with Gasteiger partial charge in [-0.1, -0.05) is 25.1 Å². The highest BCUT2D eigenvalue weighted by atomic mass is 16.5. The van der Waals surface area contributed by atoms with Crippen LogP contribution in [0.2, 0.25) is 0 Å². The highest BCUT2D eigenvalue weighted by Gasteiger charge is 2.17. The van der Waals surface area contributed by atoms with E-state index in [1.54, 1.807) is 0 Å². The number of amides is 1. The lowest BCUT2D eigenvalue weighted by atomic mass is 10.1. The van der Waals surface area contributed by atoms with Crippen LogP contribution in [0.1, 0.15) is 52.9 Å². The fourth-order valence-corrected chi connectivity index (χ4v) is 2.97. The summed E-state index contributed by atoms with van der Waals surface area (Å²) in [6, 6.07) is 9.36. The maximum atomic E-state index is 12.5. The normalized spacial score (nSPS) is 11.3. The fraction of sp³-hybridized carbons (Fsp3) is 0.286. The monoisotopic (exact) mass is 390 g/mol. The third-order valence-electron chi connectivity index (χ3n) is 4.87. The molecule has 29 heavy (non-hydrogen) atoms. The van der Waals surface area contributed by atoms with E-state index in [0.717, 1.165) is 11.1 Å². The number of nitrogens with one attached hydrogen (secondary N) is 1. The Labute approximate surface area is 168 Å². The van der Waals surface area contributed by atoms with E-state index in [9.17, 15) is 4.79 Å². The van der Waals surface area contributed by atoms with Crippen molar-refractivity contribution in [3.63, 3.8) is 0 Å². The van der Waals surface area contributed by atoms with Gasteiger partial charge in [0.1, 0.15) is 0 Å². The summed E-state index contributed by atoms with van der Waals surface area (Å²) in [6.45, 7) is 8.26. The third kappa shape index (κ3) is 3.61. The molecule has 1 N–H and O–H groups in total. The molecule has 0 bridgehead atoms. The van der Waals surface area contributed by atoms with Gasteiger partial charge in [0.15, 0.2) is 17.3 Å². The lowest BCUT2D eigenvalue weighted by Crippen LogP contribution is -2.24. The number of hydrogen-bond donors (Lipinski definition) is 1. The zero-order valence-corrected chi connectivity index (χ0v) is 16.8. The first-order valence-electron chi connectivity index (χ1n) is 9.46. The highest BCUT2D eigenvalue weighted by molar-refractivity contribution is 5.94. The predicted molar refractivity (Wildman–Crippen MR) is 107 cm³/mol. The van der Waals surface area contributed by atoms with Crippen LogP contribution < -0.4 is 5.32 Å². The van der Waals surface area contributed by atoms with Crippen molar-refractivity contribution in [2.45, 2.75) is 40.2 Å². The van der Waals surface area contributed by atoms with Gasteiger partial charge >= 0.3 is 0 Å². The lowest BCUT2D eigenvalue weighted by Gasteiger charge is -2.07. The van der Waals surface area contributed by atoms with E-state index in [1.807, 2.05) is 68.6 Å². The Morgan fingerprint density at radius 3 is 2.72 bits per heavy atom. The maximum absolute atomic E-state index is 12.5. The maximum Gasteiger partial charge on any atom is 0.261 e. The van der Waals surface area contributed by atoms with Gasteiger partial charge in [-0.15, -0.1) is 10.2 Å². The molecule has 0 spiro atoms. The molecule has 0 fully saturated rings. The first-order valence-corrected chi connectivity index (χ1v) is 9.46. The van der Waals surface area contributed by atoms with Crippen LogP contribution in [0.3, 0.4) is 0 Å². The Hall–Kier alpha value is -3.55. The standard InChI is InChI=1S/C21H22N6O2/c1-12(2)18-23-21(29-26-18)16-6-5-9-27-17(24-25-19(16)27)11-22-20(28)15-8-7-13(3)14(4)10-15/h5-10,12H,11H2,1-4H3,(H,22,28). The minimum atomic E-state index is -0.153. The van der Waals surface area contributed by atoms with Crippen LogP contribution in [0.15, 0.2) is 41.1 Å². The van der Waals surface area contributed by atoms with Crippen LogP contribution in [-0.2, 0) is 6.54 Å². The van der Waals surface area contributed by atoms with Gasteiger partial charge in [-0.25, -0.2) is 0 Å². The van der Waals surface area contributed by atoms with Gasteiger partial charge < -0.3 is 9.84 Å². The summed E-state index contributed by atoms with van der Waals surface area (Å²) in [5.41, 5.74) is 4.15. The topological polar surface area (TPSA) is 98.2 Å². The molecule has 0 atom stereocenters. The highest BCUT2D eigenvalue weighted by Crippen LogP contribution is 2.24. The summed E-state index contributed by atoms with van der Waals surface area (Å²) in [7, 11) is 0. The van der Waals surface area contributed by atoms with E-state index < -0.39 is 0 Å².